The van der Waals surface area contributed by atoms with Crippen molar-refractivity contribution < 1.29 is 22.6 Å². The van der Waals surface area contributed by atoms with E-state index < -0.39 is 23.6 Å². The van der Waals surface area contributed by atoms with Gasteiger partial charge in [-0.1, -0.05) is 6.08 Å². The molecule has 1 aliphatic carbocycles. The van der Waals surface area contributed by atoms with Gasteiger partial charge in [0.25, 0.3) is 6.43 Å². The Morgan fingerprint density at radius 3 is 2.70 bits per heavy atom. The van der Waals surface area contributed by atoms with E-state index in [0.29, 0.717) is 29.4 Å². The zero-order valence-corrected chi connectivity index (χ0v) is 20.6. The third-order valence-electron chi connectivity index (χ3n) is 7.22. The van der Waals surface area contributed by atoms with Crippen LogP contribution in [-0.2, 0) is 15.9 Å². The van der Waals surface area contributed by atoms with Crippen LogP contribution < -0.4 is 5.73 Å². The molecule has 0 amide bonds. The maximum absolute atomic E-state index is 14.7. The van der Waals surface area contributed by atoms with Crippen LogP contribution >= 0.6 is 0 Å². The van der Waals surface area contributed by atoms with Crippen molar-refractivity contribution in [2.24, 2.45) is 0 Å². The fourth-order valence-corrected chi connectivity index (χ4v) is 5.62. The van der Waals surface area contributed by atoms with Crippen molar-refractivity contribution in [3.63, 3.8) is 0 Å². The van der Waals surface area contributed by atoms with Gasteiger partial charge in [0.05, 0.1) is 17.3 Å². The van der Waals surface area contributed by atoms with Gasteiger partial charge in [0.1, 0.15) is 23.7 Å². The lowest BCUT2D eigenvalue weighted by Crippen LogP contribution is -2.28. The van der Waals surface area contributed by atoms with Gasteiger partial charge in [0, 0.05) is 34.7 Å². The molecule has 192 valence electrons. The van der Waals surface area contributed by atoms with Gasteiger partial charge in [-0.15, -0.1) is 0 Å². The molecule has 0 radical (unpaired) electrons. The molecule has 1 fully saturated rings. The zero-order valence-electron chi connectivity index (χ0n) is 20.6. The predicted molar refractivity (Wildman–Crippen MR) is 133 cm³/mol. The van der Waals surface area contributed by atoms with Crippen molar-refractivity contribution in [3.05, 3.63) is 71.1 Å². The van der Waals surface area contributed by atoms with Crippen molar-refractivity contribution in [2.45, 2.75) is 64.1 Å². The number of aromatic nitrogens is 4. The summed E-state index contributed by atoms with van der Waals surface area (Å²) in [5.41, 5.74) is 8.43. The van der Waals surface area contributed by atoms with Crippen LogP contribution in [0.15, 0.2) is 48.4 Å². The van der Waals surface area contributed by atoms with E-state index in [0.717, 1.165) is 16.7 Å². The van der Waals surface area contributed by atoms with E-state index in [1.165, 1.54) is 24.5 Å². The SMILES string of the molecule is Cc1nc(N)nc2c1ccn2[C@@H]1C=C(CCc2cc(C(F)F)c(F)c3ccncc23)[C@H]2OC(C)(C)O[C@H]21. The number of nitrogen functional groups attached to an aromatic ring is 1. The highest BCUT2D eigenvalue weighted by molar-refractivity contribution is 5.86. The van der Waals surface area contributed by atoms with Crippen LogP contribution in [0.2, 0.25) is 0 Å². The predicted octanol–water partition coefficient (Wildman–Crippen LogP) is 5.58. The highest BCUT2D eigenvalue weighted by Gasteiger charge is 2.50. The molecule has 0 spiro atoms. The molecule has 37 heavy (non-hydrogen) atoms. The molecule has 3 atom stereocenters. The molecule has 2 aliphatic rings. The van der Waals surface area contributed by atoms with Crippen molar-refractivity contribution in [1.82, 2.24) is 19.5 Å². The summed E-state index contributed by atoms with van der Waals surface area (Å²) < 4.78 is 56.5. The number of pyridine rings is 1. The minimum Gasteiger partial charge on any atom is -0.368 e. The van der Waals surface area contributed by atoms with Crippen LogP contribution in [-0.4, -0.2) is 37.5 Å². The maximum Gasteiger partial charge on any atom is 0.266 e. The number of anilines is 1. The Morgan fingerprint density at radius 1 is 1.11 bits per heavy atom. The topological polar surface area (TPSA) is 88.1 Å². The van der Waals surface area contributed by atoms with Crippen LogP contribution in [0, 0.1) is 12.7 Å². The molecule has 0 bridgehead atoms. The molecule has 7 nitrogen and oxygen atoms in total. The minimum absolute atomic E-state index is 0.145. The number of hydrogen-bond donors (Lipinski definition) is 1. The van der Waals surface area contributed by atoms with E-state index in [4.69, 9.17) is 15.2 Å². The Kier molecular flexibility index (Phi) is 5.50. The maximum atomic E-state index is 14.7. The number of alkyl halides is 2. The van der Waals surface area contributed by atoms with Crippen LogP contribution in [0.3, 0.4) is 0 Å². The van der Waals surface area contributed by atoms with Crippen molar-refractivity contribution in [1.29, 1.82) is 0 Å². The number of hydrogen-bond acceptors (Lipinski definition) is 6. The fourth-order valence-electron chi connectivity index (χ4n) is 5.62. The van der Waals surface area contributed by atoms with Crippen LogP contribution in [0.25, 0.3) is 21.8 Å². The molecule has 2 N–H and O–H groups in total. The summed E-state index contributed by atoms with van der Waals surface area (Å²) in [6.07, 6.45) is 4.35. The second-order valence-corrected chi connectivity index (χ2v) is 10.0. The molecular formula is C27H26F3N5O2. The number of nitrogens with zero attached hydrogens (tertiary/aromatic N) is 4. The zero-order chi connectivity index (χ0) is 26.1. The average Bonchev–Trinajstić information content (AvgIpc) is 3.49. The first kappa shape index (κ1) is 23.9. The van der Waals surface area contributed by atoms with Gasteiger partial charge >= 0.3 is 0 Å². The van der Waals surface area contributed by atoms with Gasteiger partial charge < -0.3 is 19.8 Å². The number of fused-ring (bicyclic) bond motifs is 3. The van der Waals surface area contributed by atoms with Gasteiger partial charge in [-0.2, -0.15) is 4.98 Å². The Labute approximate surface area is 211 Å². The summed E-state index contributed by atoms with van der Waals surface area (Å²) in [5.74, 6) is -1.50. The standard InChI is InChI=1S/C27H26F3N5O2/c1-13-16-7-9-35(25(16)34-26(31)33-13)20-11-15(22-23(20)37-27(2,3)36-22)5-4-14-10-18(24(29)30)21(28)17-6-8-32-12-19(14)17/h6-12,20,22-24H,4-5H2,1-3H3,(H2,31,33,34)/t20-,22-,23+/m1/s1. The molecule has 0 saturated carbocycles. The van der Waals surface area contributed by atoms with E-state index in [1.807, 2.05) is 37.6 Å². The summed E-state index contributed by atoms with van der Waals surface area (Å²) in [6.45, 7) is 5.62. The highest BCUT2D eigenvalue weighted by atomic mass is 19.3. The highest BCUT2D eigenvalue weighted by Crippen LogP contribution is 2.45. The molecule has 4 aromatic rings. The van der Waals surface area contributed by atoms with Crippen LogP contribution in [0.5, 0.6) is 0 Å². The van der Waals surface area contributed by atoms with Gasteiger partial charge in [-0.3, -0.25) is 4.98 Å². The molecule has 1 saturated heterocycles. The van der Waals surface area contributed by atoms with E-state index >= 15 is 0 Å². The molecule has 6 rings (SSSR count). The second kappa shape index (κ2) is 8.53. The number of halogens is 3. The number of rotatable bonds is 5. The Morgan fingerprint density at radius 2 is 1.92 bits per heavy atom. The summed E-state index contributed by atoms with van der Waals surface area (Å²) in [5, 5.41) is 1.57. The lowest BCUT2D eigenvalue weighted by atomic mass is 9.96. The summed E-state index contributed by atoms with van der Waals surface area (Å²) in [6, 6.07) is 4.43. The van der Waals surface area contributed by atoms with E-state index in [1.54, 1.807) is 0 Å². The van der Waals surface area contributed by atoms with Crippen LogP contribution in [0.4, 0.5) is 19.1 Å². The molecular weight excluding hydrogens is 483 g/mol. The number of nitrogens with two attached hydrogens (primary N) is 1. The summed E-state index contributed by atoms with van der Waals surface area (Å²) in [7, 11) is 0. The van der Waals surface area contributed by atoms with Gasteiger partial charge in [0.15, 0.2) is 5.79 Å². The molecule has 4 heterocycles. The fraction of sp³-hybridized carbons (Fsp3) is 0.370. The summed E-state index contributed by atoms with van der Waals surface area (Å²) >= 11 is 0. The van der Waals surface area contributed by atoms with Crippen molar-refractivity contribution in [2.75, 3.05) is 5.73 Å². The lowest BCUT2D eigenvalue weighted by Gasteiger charge is -2.22. The molecule has 1 aromatic carbocycles. The smallest absolute Gasteiger partial charge is 0.266 e. The number of benzene rings is 1. The normalized spacial score (nSPS) is 22.8. The van der Waals surface area contributed by atoms with Gasteiger partial charge in [0.2, 0.25) is 5.95 Å². The molecule has 3 aromatic heterocycles. The number of aryl methyl sites for hydroxylation is 2. The summed E-state index contributed by atoms with van der Waals surface area (Å²) in [4.78, 5) is 12.8. The first-order valence-electron chi connectivity index (χ1n) is 12.1. The van der Waals surface area contributed by atoms with E-state index in [9.17, 15) is 13.2 Å². The van der Waals surface area contributed by atoms with Crippen molar-refractivity contribution in [3.8, 4) is 0 Å². The second-order valence-electron chi connectivity index (χ2n) is 10.0. The average molecular weight is 510 g/mol. The minimum atomic E-state index is -2.91. The van der Waals surface area contributed by atoms with Crippen molar-refractivity contribution >= 4 is 27.8 Å². The first-order chi connectivity index (χ1) is 17.6. The van der Waals surface area contributed by atoms with Crippen LogP contribution in [0.1, 0.15) is 49.6 Å². The van der Waals surface area contributed by atoms with E-state index in [-0.39, 0.29) is 29.6 Å². The molecule has 1 aliphatic heterocycles. The Balaban J connectivity index is 1.38. The first-order valence-corrected chi connectivity index (χ1v) is 12.1. The monoisotopic (exact) mass is 509 g/mol. The molecule has 0 unspecified atom stereocenters. The molecule has 10 heteroatoms. The Bertz CT molecular complexity index is 1560. The third-order valence-corrected chi connectivity index (χ3v) is 7.22. The van der Waals surface area contributed by atoms with E-state index in [2.05, 4.69) is 21.0 Å². The quantitative estimate of drug-likeness (QED) is 0.354. The third kappa shape index (κ3) is 3.95. The largest absolute Gasteiger partial charge is 0.368 e. The van der Waals surface area contributed by atoms with Gasteiger partial charge in [-0.05, 0) is 62.9 Å². The van der Waals surface area contributed by atoms with Gasteiger partial charge in [-0.25, -0.2) is 18.2 Å². The number of ether oxygens (including phenoxy) is 2. The Hall–Kier alpha value is -3.50. The lowest BCUT2D eigenvalue weighted by molar-refractivity contribution is -0.147.